The van der Waals surface area contributed by atoms with Gasteiger partial charge in [0.05, 0.1) is 0 Å². The Hall–Kier alpha value is -2.50. The van der Waals surface area contributed by atoms with Crippen molar-refractivity contribution in [2.45, 2.75) is 71.4 Å². The maximum atomic E-state index is 13.6. The van der Waals surface area contributed by atoms with Crippen molar-refractivity contribution < 1.29 is 18.8 Å². The number of hydrogen-bond donors (Lipinski definition) is 0. The summed E-state index contributed by atoms with van der Waals surface area (Å²) in [5.41, 5.74) is -2.00. The van der Waals surface area contributed by atoms with Gasteiger partial charge >= 0.3 is 5.97 Å². The van der Waals surface area contributed by atoms with Gasteiger partial charge in [0.1, 0.15) is 11.0 Å². The Morgan fingerprint density at radius 3 is 2.03 bits per heavy atom. The van der Waals surface area contributed by atoms with E-state index >= 15 is 0 Å². The van der Waals surface area contributed by atoms with Crippen LogP contribution in [-0.4, -0.2) is 32.3 Å². The molecule has 3 aliphatic rings. The molecule has 0 heterocycles. The van der Waals surface area contributed by atoms with E-state index in [-0.39, 0.29) is 34.0 Å². The topological polar surface area (TPSA) is 52.6 Å². The van der Waals surface area contributed by atoms with Crippen LogP contribution < -0.4 is 10.4 Å². The molecular weight excluding hydrogens is 476 g/mol. The van der Waals surface area contributed by atoms with Gasteiger partial charge in [-0.15, -0.1) is 0 Å². The number of carbonyl (C=O) groups excluding carboxylic acids is 2. The fourth-order valence-corrected chi connectivity index (χ4v) is 12.0. The summed E-state index contributed by atoms with van der Waals surface area (Å²) in [6, 6.07) is 21.3. The minimum absolute atomic E-state index is 0.00473. The highest BCUT2D eigenvalue weighted by Crippen LogP contribution is 2.74. The van der Waals surface area contributed by atoms with E-state index in [9.17, 15) is 9.59 Å². The zero-order chi connectivity index (χ0) is 26.7. The lowest BCUT2D eigenvalue weighted by atomic mass is 9.69. The van der Waals surface area contributed by atoms with Crippen molar-refractivity contribution in [1.82, 2.24) is 0 Å². The Morgan fingerprint density at radius 2 is 1.51 bits per heavy atom. The first-order valence-electron chi connectivity index (χ1n) is 13.6. The van der Waals surface area contributed by atoms with Crippen LogP contribution in [0.3, 0.4) is 0 Å². The van der Waals surface area contributed by atoms with Gasteiger partial charge in [-0.05, 0) is 60.9 Å². The monoisotopic (exact) mass is 516 g/mol. The summed E-state index contributed by atoms with van der Waals surface area (Å²) in [6.07, 6.45) is 6.30. The molecule has 5 rings (SSSR count). The summed E-state index contributed by atoms with van der Waals surface area (Å²) in [5, 5.41) is 2.34. The highest BCUT2D eigenvalue weighted by atomic mass is 28.4. The fourth-order valence-electron chi connectivity index (χ4n) is 7.33. The average Bonchev–Trinajstić information content (AvgIpc) is 3.54. The van der Waals surface area contributed by atoms with Crippen molar-refractivity contribution in [3.05, 3.63) is 72.8 Å². The molecule has 4 atom stereocenters. The van der Waals surface area contributed by atoms with Gasteiger partial charge in [-0.2, -0.15) is 0 Å². The normalized spacial score (nSPS) is 29.0. The summed E-state index contributed by atoms with van der Waals surface area (Å²) in [5.74, 6) is -0.329. The SMILES string of the molecule is CC(C)(C)OC(=O)[C@]12C(=O)CC[C@]3(CO[Si](c4ccccc4)(c4ccccc4)C(C)(C)C)C=CC[C@H]1[C@@H]32. The number of esters is 1. The summed E-state index contributed by atoms with van der Waals surface area (Å²) in [4.78, 5) is 27.0. The minimum Gasteiger partial charge on any atom is -0.459 e. The van der Waals surface area contributed by atoms with Gasteiger partial charge in [0.15, 0.2) is 5.78 Å². The molecule has 2 aromatic rings. The lowest BCUT2D eigenvalue weighted by molar-refractivity contribution is -0.167. The van der Waals surface area contributed by atoms with Crippen LogP contribution in [0.25, 0.3) is 0 Å². The maximum absolute atomic E-state index is 13.6. The van der Waals surface area contributed by atoms with Crippen molar-refractivity contribution in [3.63, 3.8) is 0 Å². The molecule has 0 spiro atoms. The zero-order valence-electron chi connectivity index (χ0n) is 23.0. The number of Topliss-reactive ketones (excluding diaryl/α,β-unsaturated/α-hetero) is 1. The number of ketones is 1. The maximum Gasteiger partial charge on any atom is 0.320 e. The molecule has 0 amide bonds. The molecular formula is C32H40O4Si. The lowest BCUT2D eigenvalue weighted by Gasteiger charge is -2.46. The third kappa shape index (κ3) is 3.97. The van der Waals surface area contributed by atoms with Crippen LogP contribution in [0.1, 0.15) is 60.8 Å². The highest BCUT2D eigenvalue weighted by molar-refractivity contribution is 6.99. The molecule has 0 radical (unpaired) electrons. The predicted molar refractivity (Wildman–Crippen MR) is 149 cm³/mol. The first-order valence-corrected chi connectivity index (χ1v) is 15.5. The van der Waals surface area contributed by atoms with Gasteiger partial charge in [0, 0.05) is 18.4 Å². The quantitative estimate of drug-likeness (QED) is 0.222. The Balaban J connectivity index is 1.56. The molecule has 2 fully saturated rings. The minimum atomic E-state index is -2.75. The second-order valence-electron chi connectivity index (χ2n) is 13.2. The van der Waals surface area contributed by atoms with Gasteiger partial charge in [0.2, 0.25) is 0 Å². The molecule has 37 heavy (non-hydrogen) atoms. The molecule has 0 bridgehead atoms. The molecule has 0 aromatic heterocycles. The van der Waals surface area contributed by atoms with Crippen molar-refractivity contribution in [3.8, 4) is 0 Å². The van der Waals surface area contributed by atoms with Crippen molar-refractivity contribution in [1.29, 1.82) is 0 Å². The van der Waals surface area contributed by atoms with E-state index in [4.69, 9.17) is 9.16 Å². The molecule has 5 heteroatoms. The van der Waals surface area contributed by atoms with E-state index in [0.29, 0.717) is 19.4 Å². The largest absolute Gasteiger partial charge is 0.459 e. The van der Waals surface area contributed by atoms with E-state index < -0.39 is 19.3 Å². The molecule has 2 saturated carbocycles. The molecule has 4 nitrogen and oxygen atoms in total. The summed E-state index contributed by atoms with van der Waals surface area (Å²) < 4.78 is 13.2. The van der Waals surface area contributed by atoms with Crippen molar-refractivity contribution in [2.24, 2.45) is 22.7 Å². The number of hydrogen-bond acceptors (Lipinski definition) is 4. The highest BCUT2D eigenvalue weighted by Gasteiger charge is 2.81. The van der Waals surface area contributed by atoms with Gasteiger partial charge in [-0.25, -0.2) is 0 Å². The standard InChI is InChI=1S/C32H40O4Si/c1-29(2,3)36-28(34)32-25-18-13-20-31(27(25)32,21-19-26(32)33)22-35-37(30(4,5)6,23-14-9-7-10-15-23)24-16-11-8-12-17-24/h7-17,20,25,27H,18-19,21-22H2,1-6H3/t25-,27-,31-,32-/m0/s1. The number of ether oxygens (including phenoxy) is 1. The van der Waals surface area contributed by atoms with Crippen molar-refractivity contribution in [2.75, 3.05) is 6.61 Å². The number of allylic oxidation sites excluding steroid dienone is 1. The Morgan fingerprint density at radius 1 is 0.946 bits per heavy atom. The molecule has 3 aliphatic carbocycles. The van der Waals surface area contributed by atoms with Crippen LogP contribution in [0.2, 0.25) is 5.04 Å². The zero-order valence-corrected chi connectivity index (χ0v) is 24.0. The number of benzene rings is 2. The van der Waals surface area contributed by atoms with Crippen LogP contribution in [0, 0.1) is 22.7 Å². The predicted octanol–water partition coefficient (Wildman–Crippen LogP) is 5.45. The third-order valence-corrected chi connectivity index (χ3v) is 13.8. The van der Waals surface area contributed by atoms with Crippen LogP contribution in [0.15, 0.2) is 72.8 Å². The molecule has 0 unspecified atom stereocenters. The van der Waals surface area contributed by atoms with Crippen LogP contribution in [-0.2, 0) is 18.8 Å². The summed E-state index contributed by atoms with van der Waals surface area (Å²) in [7, 11) is -2.75. The van der Waals surface area contributed by atoms with Gasteiger partial charge < -0.3 is 9.16 Å². The number of carbonyl (C=O) groups is 2. The number of rotatable bonds is 6. The van der Waals surface area contributed by atoms with E-state index in [1.807, 2.05) is 20.8 Å². The third-order valence-electron chi connectivity index (χ3n) is 8.82. The van der Waals surface area contributed by atoms with Crippen LogP contribution in [0.4, 0.5) is 0 Å². The van der Waals surface area contributed by atoms with Gasteiger partial charge in [-0.3, -0.25) is 9.59 Å². The van der Waals surface area contributed by atoms with Crippen LogP contribution >= 0.6 is 0 Å². The second kappa shape index (κ2) is 8.77. The fraction of sp³-hybridized carbons (Fsp3) is 0.500. The van der Waals surface area contributed by atoms with Crippen LogP contribution in [0.5, 0.6) is 0 Å². The average molecular weight is 517 g/mol. The Bertz CT molecular complexity index is 1170. The van der Waals surface area contributed by atoms with E-state index in [0.717, 1.165) is 6.42 Å². The first-order chi connectivity index (χ1) is 17.4. The van der Waals surface area contributed by atoms with E-state index in [2.05, 4.69) is 93.6 Å². The molecule has 196 valence electrons. The van der Waals surface area contributed by atoms with Crippen molar-refractivity contribution >= 4 is 30.4 Å². The summed E-state index contributed by atoms with van der Waals surface area (Å²) in [6.45, 7) is 13.0. The molecule has 0 N–H and O–H groups in total. The second-order valence-corrected chi connectivity index (χ2v) is 17.5. The van der Waals surface area contributed by atoms with Gasteiger partial charge in [0.25, 0.3) is 8.32 Å². The smallest absolute Gasteiger partial charge is 0.320 e. The molecule has 0 saturated heterocycles. The lowest BCUT2D eigenvalue weighted by Crippen LogP contribution is -2.67. The van der Waals surface area contributed by atoms with E-state index in [1.54, 1.807) is 0 Å². The Kier molecular flexibility index (Phi) is 6.19. The van der Waals surface area contributed by atoms with E-state index in [1.165, 1.54) is 10.4 Å². The molecule has 2 aromatic carbocycles. The van der Waals surface area contributed by atoms with Gasteiger partial charge in [-0.1, -0.05) is 93.6 Å². The number of fused-ring (bicyclic) bond motifs is 1. The first kappa shape index (κ1) is 26.1. The molecule has 0 aliphatic heterocycles. The Labute approximate surface area is 222 Å². The summed E-state index contributed by atoms with van der Waals surface area (Å²) >= 11 is 0.